The smallest absolute Gasteiger partial charge is 0.122 e. The number of aryl methyl sites for hydroxylation is 1. The van der Waals surface area contributed by atoms with Gasteiger partial charge in [-0.1, -0.05) is 18.2 Å². The number of ether oxygens (including phenoxy) is 1. The summed E-state index contributed by atoms with van der Waals surface area (Å²) in [6.45, 7) is 0. The van der Waals surface area contributed by atoms with Crippen LogP contribution in [0.3, 0.4) is 0 Å². The SMILES string of the molecule is COc1ccccc1CCC(O)C1CC1. The number of benzene rings is 1. The van der Waals surface area contributed by atoms with Crippen LogP contribution in [-0.2, 0) is 6.42 Å². The van der Waals surface area contributed by atoms with Crippen LogP contribution >= 0.6 is 0 Å². The Kier molecular flexibility index (Phi) is 3.27. The van der Waals surface area contributed by atoms with Gasteiger partial charge in [0.15, 0.2) is 0 Å². The molecular weight excluding hydrogens is 188 g/mol. The number of para-hydroxylation sites is 1. The van der Waals surface area contributed by atoms with Crippen molar-refractivity contribution in [1.29, 1.82) is 0 Å². The summed E-state index contributed by atoms with van der Waals surface area (Å²) in [5, 5.41) is 9.77. The minimum absolute atomic E-state index is 0.116. The molecule has 1 aromatic rings. The molecule has 0 amide bonds. The highest BCUT2D eigenvalue weighted by Crippen LogP contribution is 2.34. The molecule has 0 aromatic heterocycles. The third-order valence-corrected chi connectivity index (χ3v) is 3.07. The number of aliphatic hydroxyl groups is 1. The molecule has 1 saturated carbocycles. The van der Waals surface area contributed by atoms with Crippen molar-refractivity contribution in [3.05, 3.63) is 29.8 Å². The first-order valence-electron chi connectivity index (χ1n) is 5.61. The zero-order valence-electron chi connectivity index (χ0n) is 9.15. The molecule has 1 fully saturated rings. The lowest BCUT2D eigenvalue weighted by Crippen LogP contribution is -2.10. The monoisotopic (exact) mass is 206 g/mol. The molecule has 2 rings (SSSR count). The van der Waals surface area contributed by atoms with Gasteiger partial charge in [0, 0.05) is 0 Å². The molecule has 1 N–H and O–H groups in total. The lowest BCUT2D eigenvalue weighted by Gasteiger charge is -2.11. The van der Waals surface area contributed by atoms with E-state index in [2.05, 4.69) is 6.07 Å². The summed E-state index contributed by atoms with van der Waals surface area (Å²) in [6.07, 6.45) is 4.04. The van der Waals surface area contributed by atoms with E-state index in [1.807, 2.05) is 18.2 Å². The molecule has 0 radical (unpaired) electrons. The maximum atomic E-state index is 9.77. The summed E-state index contributed by atoms with van der Waals surface area (Å²) in [5.74, 6) is 1.50. The van der Waals surface area contributed by atoms with Crippen LogP contribution in [0.2, 0.25) is 0 Å². The maximum absolute atomic E-state index is 9.77. The summed E-state index contributed by atoms with van der Waals surface area (Å²) >= 11 is 0. The lowest BCUT2D eigenvalue weighted by molar-refractivity contribution is 0.141. The number of hydrogen-bond acceptors (Lipinski definition) is 2. The van der Waals surface area contributed by atoms with Crippen molar-refractivity contribution in [3.8, 4) is 5.75 Å². The van der Waals surface area contributed by atoms with Gasteiger partial charge in [-0.05, 0) is 43.2 Å². The Bertz CT molecular complexity index is 318. The summed E-state index contributed by atoms with van der Waals surface area (Å²) in [7, 11) is 1.69. The third kappa shape index (κ3) is 2.72. The van der Waals surface area contributed by atoms with Crippen molar-refractivity contribution in [2.75, 3.05) is 7.11 Å². The average molecular weight is 206 g/mol. The van der Waals surface area contributed by atoms with Gasteiger partial charge in [0.1, 0.15) is 5.75 Å². The van der Waals surface area contributed by atoms with Gasteiger partial charge in [-0.2, -0.15) is 0 Å². The molecule has 1 aliphatic carbocycles. The fourth-order valence-corrected chi connectivity index (χ4v) is 1.93. The van der Waals surface area contributed by atoms with Crippen LogP contribution in [0.5, 0.6) is 5.75 Å². The second-order valence-corrected chi connectivity index (χ2v) is 4.26. The molecule has 2 nitrogen and oxygen atoms in total. The third-order valence-electron chi connectivity index (χ3n) is 3.07. The van der Waals surface area contributed by atoms with E-state index in [0.717, 1.165) is 18.6 Å². The quantitative estimate of drug-likeness (QED) is 0.801. The highest BCUT2D eigenvalue weighted by molar-refractivity contribution is 5.33. The zero-order valence-corrected chi connectivity index (χ0v) is 9.15. The maximum Gasteiger partial charge on any atom is 0.122 e. The molecule has 1 aromatic carbocycles. The standard InChI is InChI=1S/C13H18O2/c1-15-13-5-3-2-4-11(13)8-9-12(14)10-6-7-10/h2-5,10,12,14H,6-9H2,1H3. The molecule has 82 valence electrons. The van der Waals surface area contributed by atoms with Crippen LogP contribution < -0.4 is 4.74 Å². The molecule has 1 aliphatic rings. The van der Waals surface area contributed by atoms with Gasteiger partial charge in [0.05, 0.1) is 13.2 Å². The van der Waals surface area contributed by atoms with Crippen molar-refractivity contribution >= 4 is 0 Å². The zero-order chi connectivity index (χ0) is 10.7. The van der Waals surface area contributed by atoms with Gasteiger partial charge in [-0.15, -0.1) is 0 Å². The van der Waals surface area contributed by atoms with Crippen molar-refractivity contribution in [2.45, 2.75) is 31.8 Å². The Morgan fingerprint density at radius 2 is 2.13 bits per heavy atom. The largest absolute Gasteiger partial charge is 0.496 e. The minimum Gasteiger partial charge on any atom is -0.496 e. The first-order valence-corrected chi connectivity index (χ1v) is 5.61. The molecule has 0 heterocycles. The van der Waals surface area contributed by atoms with E-state index in [4.69, 9.17) is 4.74 Å². The topological polar surface area (TPSA) is 29.5 Å². The van der Waals surface area contributed by atoms with Crippen molar-refractivity contribution in [2.24, 2.45) is 5.92 Å². The summed E-state index contributed by atoms with van der Waals surface area (Å²) in [6, 6.07) is 8.03. The normalized spacial score (nSPS) is 17.5. The molecule has 0 aliphatic heterocycles. The van der Waals surface area contributed by atoms with Gasteiger partial charge >= 0.3 is 0 Å². The van der Waals surface area contributed by atoms with Crippen LogP contribution in [0.25, 0.3) is 0 Å². The van der Waals surface area contributed by atoms with E-state index < -0.39 is 0 Å². The highest BCUT2D eigenvalue weighted by atomic mass is 16.5. The second kappa shape index (κ2) is 4.67. The van der Waals surface area contributed by atoms with E-state index in [1.165, 1.54) is 18.4 Å². The predicted octanol–water partition coefficient (Wildman–Crippen LogP) is 2.40. The number of hydrogen-bond donors (Lipinski definition) is 1. The highest BCUT2D eigenvalue weighted by Gasteiger charge is 2.29. The molecular formula is C13H18O2. The molecule has 2 heteroatoms. The van der Waals surface area contributed by atoms with Crippen LogP contribution in [0.15, 0.2) is 24.3 Å². The summed E-state index contributed by atoms with van der Waals surface area (Å²) in [5.41, 5.74) is 1.19. The van der Waals surface area contributed by atoms with Crippen LogP contribution in [-0.4, -0.2) is 18.3 Å². The minimum atomic E-state index is -0.116. The van der Waals surface area contributed by atoms with E-state index in [0.29, 0.717) is 5.92 Å². The summed E-state index contributed by atoms with van der Waals surface area (Å²) < 4.78 is 5.27. The fraction of sp³-hybridized carbons (Fsp3) is 0.538. The van der Waals surface area contributed by atoms with Crippen molar-refractivity contribution < 1.29 is 9.84 Å². The van der Waals surface area contributed by atoms with E-state index in [1.54, 1.807) is 7.11 Å². The van der Waals surface area contributed by atoms with Crippen molar-refractivity contribution in [1.82, 2.24) is 0 Å². The predicted molar refractivity (Wildman–Crippen MR) is 60.0 cm³/mol. The molecule has 1 unspecified atom stereocenters. The lowest BCUT2D eigenvalue weighted by atomic mass is 10.0. The van der Waals surface area contributed by atoms with E-state index >= 15 is 0 Å². The molecule has 0 saturated heterocycles. The summed E-state index contributed by atoms with van der Waals surface area (Å²) in [4.78, 5) is 0. The number of rotatable bonds is 5. The van der Waals surface area contributed by atoms with E-state index in [9.17, 15) is 5.11 Å². The average Bonchev–Trinajstić information content (AvgIpc) is 3.10. The number of aliphatic hydroxyl groups excluding tert-OH is 1. The van der Waals surface area contributed by atoms with Gasteiger partial charge in [0.2, 0.25) is 0 Å². The van der Waals surface area contributed by atoms with E-state index in [-0.39, 0.29) is 6.10 Å². The van der Waals surface area contributed by atoms with Crippen LogP contribution in [0.4, 0.5) is 0 Å². The van der Waals surface area contributed by atoms with Gasteiger partial charge < -0.3 is 9.84 Å². The Labute approximate surface area is 90.9 Å². The molecule has 15 heavy (non-hydrogen) atoms. The van der Waals surface area contributed by atoms with Gasteiger partial charge in [-0.3, -0.25) is 0 Å². The number of methoxy groups -OCH3 is 1. The second-order valence-electron chi connectivity index (χ2n) is 4.26. The first-order chi connectivity index (χ1) is 7.31. The van der Waals surface area contributed by atoms with Crippen LogP contribution in [0.1, 0.15) is 24.8 Å². The fourth-order valence-electron chi connectivity index (χ4n) is 1.93. The Morgan fingerprint density at radius 3 is 2.80 bits per heavy atom. The molecule has 0 spiro atoms. The van der Waals surface area contributed by atoms with Crippen LogP contribution in [0, 0.1) is 5.92 Å². The van der Waals surface area contributed by atoms with Crippen molar-refractivity contribution in [3.63, 3.8) is 0 Å². The van der Waals surface area contributed by atoms with Gasteiger partial charge in [-0.25, -0.2) is 0 Å². The molecule has 0 bridgehead atoms. The first kappa shape index (κ1) is 10.5. The van der Waals surface area contributed by atoms with Gasteiger partial charge in [0.25, 0.3) is 0 Å². The Balaban J connectivity index is 1.91. The Hall–Kier alpha value is -1.02. The molecule has 1 atom stereocenters. The Morgan fingerprint density at radius 1 is 1.40 bits per heavy atom.